The molecule has 1 aromatic carbocycles. The second-order valence-corrected chi connectivity index (χ2v) is 5.36. The zero-order chi connectivity index (χ0) is 15.4. The molecule has 0 saturated heterocycles. The number of carbonyl (C=O) groups excluding carboxylic acids is 1. The van der Waals surface area contributed by atoms with Crippen molar-refractivity contribution >= 4 is 39.9 Å². The fraction of sp³-hybridized carbons (Fsp3) is 0.286. The molecule has 0 aliphatic heterocycles. The number of rotatable bonds is 5. The van der Waals surface area contributed by atoms with Crippen LogP contribution in [0.25, 0.3) is 0 Å². The van der Waals surface area contributed by atoms with E-state index in [9.17, 15) is 4.79 Å². The average molecular weight is 390 g/mol. The lowest BCUT2D eigenvalue weighted by molar-refractivity contribution is -0.118. The van der Waals surface area contributed by atoms with Crippen LogP contribution >= 0.6 is 28.3 Å². The number of nitrogens with zero attached hydrogens (tertiary/aromatic N) is 2. The standard InChI is InChI=1S/C14H17BrN4O2.ClH/c1-16-13(9-7-17-19(2)8-9)14(20)18-10-4-5-12(21-3)11(15)6-10;/h4-8,13,16H,1-3H3,(H,18,20);1H. The van der Waals surface area contributed by atoms with E-state index in [1.54, 1.807) is 43.2 Å². The van der Waals surface area contributed by atoms with Gasteiger partial charge in [-0.15, -0.1) is 12.4 Å². The lowest BCUT2D eigenvalue weighted by atomic mass is 10.1. The van der Waals surface area contributed by atoms with E-state index in [4.69, 9.17) is 4.74 Å². The van der Waals surface area contributed by atoms with Gasteiger partial charge in [-0.05, 0) is 41.2 Å². The zero-order valence-corrected chi connectivity index (χ0v) is 14.9. The molecule has 22 heavy (non-hydrogen) atoms. The van der Waals surface area contributed by atoms with Crippen LogP contribution in [0.4, 0.5) is 5.69 Å². The van der Waals surface area contributed by atoms with Gasteiger partial charge in [-0.25, -0.2) is 0 Å². The first-order valence-electron chi connectivity index (χ1n) is 6.35. The minimum absolute atomic E-state index is 0. The molecule has 0 radical (unpaired) electrons. The van der Waals surface area contributed by atoms with E-state index in [0.717, 1.165) is 10.0 Å². The number of benzene rings is 1. The molecule has 8 heteroatoms. The number of nitrogens with one attached hydrogen (secondary N) is 2. The summed E-state index contributed by atoms with van der Waals surface area (Å²) in [4.78, 5) is 12.4. The topological polar surface area (TPSA) is 68.2 Å². The highest BCUT2D eigenvalue weighted by atomic mass is 79.9. The van der Waals surface area contributed by atoms with E-state index in [1.807, 2.05) is 13.2 Å². The van der Waals surface area contributed by atoms with Gasteiger partial charge in [-0.3, -0.25) is 9.48 Å². The summed E-state index contributed by atoms with van der Waals surface area (Å²) in [5, 5.41) is 9.94. The normalized spacial score (nSPS) is 11.5. The smallest absolute Gasteiger partial charge is 0.246 e. The van der Waals surface area contributed by atoms with Gasteiger partial charge in [0.05, 0.1) is 17.8 Å². The molecular formula is C14H18BrClN4O2. The number of halogens is 2. The number of carbonyl (C=O) groups is 1. The van der Waals surface area contributed by atoms with Gasteiger partial charge in [0.15, 0.2) is 0 Å². The van der Waals surface area contributed by atoms with Gasteiger partial charge in [-0.1, -0.05) is 0 Å². The molecule has 6 nitrogen and oxygen atoms in total. The van der Waals surface area contributed by atoms with Crippen LogP contribution < -0.4 is 15.4 Å². The van der Waals surface area contributed by atoms with Crippen molar-refractivity contribution in [3.8, 4) is 5.75 Å². The number of ether oxygens (including phenoxy) is 1. The van der Waals surface area contributed by atoms with Gasteiger partial charge in [0.2, 0.25) is 5.91 Å². The van der Waals surface area contributed by atoms with Crippen LogP contribution in [0.2, 0.25) is 0 Å². The van der Waals surface area contributed by atoms with E-state index in [0.29, 0.717) is 11.4 Å². The number of hydrogen-bond donors (Lipinski definition) is 2. The van der Waals surface area contributed by atoms with Crippen molar-refractivity contribution in [3.63, 3.8) is 0 Å². The monoisotopic (exact) mass is 388 g/mol. The Labute approximate surface area is 143 Å². The zero-order valence-electron chi connectivity index (χ0n) is 12.5. The number of aromatic nitrogens is 2. The van der Waals surface area contributed by atoms with Crippen molar-refractivity contribution in [2.75, 3.05) is 19.5 Å². The summed E-state index contributed by atoms with van der Waals surface area (Å²) in [6.45, 7) is 0. The van der Waals surface area contributed by atoms with E-state index >= 15 is 0 Å². The molecule has 0 aliphatic carbocycles. The Morgan fingerprint density at radius 3 is 2.68 bits per heavy atom. The number of hydrogen-bond acceptors (Lipinski definition) is 4. The minimum Gasteiger partial charge on any atom is -0.496 e. The molecule has 1 aromatic heterocycles. The van der Waals surface area contributed by atoms with E-state index < -0.39 is 6.04 Å². The molecule has 2 aromatic rings. The van der Waals surface area contributed by atoms with Crippen LogP contribution in [0.15, 0.2) is 35.1 Å². The first-order valence-corrected chi connectivity index (χ1v) is 7.14. The average Bonchev–Trinajstić information content (AvgIpc) is 2.86. The first kappa shape index (κ1) is 18.5. The molecule has 0 spiro atoms. The van der Waals surface area contributed by atoms with Crippen molar-refractivity contribution in [2.24, 2.45) is 7.05 Å². The maximum atomic E-state index is 12.4. The lowest BCUT2D eigenvalue weighted by Gasteiger charge is -2.15. The molecule has 0 saturated carbocycles. The maximum Gasteiger partial charge on any atom is 0.246 e. The lowest BCUT2D eigenvalue weighted by Crippen LogP contribution is -2.30. The van der Waals surface area contributed by atoms with E-state index in [1.165, 1.54) is 0 Å². The summed E-state index contributed by atoms with van der Waals surface area (Å²) in [5.41, 5.74) is 1.50. The van der Waals surface area contributed by atoms with E-state index in [2.05, 4.69) is 31.7 Å². The molecule has 2 N–H and O–H groups in total. The van der Waals surface area contributed by atoms with Crippen molar-refractivity contribution < 1.29 is 9.53 Å². The number of anilines is 1. The van der Waals surface area contributed by atoms with Gasteiger partial charge < -0.3 is 15.4 Å². The van der Waals surface area contributed by atoms with Crippen molar-refractivity contribution in [2.45, 2.75) is 6.04 Å². The predicted molar refractivity (Wildman–Crippen MR) is 91.6 cm³/mol. The quantitative estimate of drug-likeness (QED) is 0.824. The molecule has 120 valence electrons. The molecule has 1 atom stereocenters. The molecular weight excluding hydrogens is 372 g/mol. The third-order valence-electron chi connectivity index (χ3n) is 3.03. The molecule has 2 rings (SSSR count). The van der Waals surface area contributed by atoms with Crippen molar-refractivity contribution in [1.29, 1.82) is 0 Å². The van der Waals surface area contributed by atoms with Crippen LogP contribution in [0.3, 0.4) is 0 Å². The number of likely N-dealkylation sites (N-methyl/N-ethyl adjacent to an activating group) is 1. The summed E-state index contributed by atoms with van der Waals surface area (Å²) in [6, 6.07) is 4.92. The van der Waals surface area contributed by atoms with Crippen LogP contribution in [0, 0.1) is 0 Å². The third kappa shape index (κ3) is 4.22. The minimum atomic E-state index is -0.459. The maximum absolute atomic E-state index is 12.4. The Morgan fingerprint density at radius 2 is 2.18 bits per heavy atom. The fourth-order valence-electron chi connectivity index (χ4n) is 2.00. The number of methoxy groups -OCH3 is 1. The first-order chi connectivity index (χ1) is 10.0. The predicted octanol–water partition coefficient (Wildman–Crippen LogP) is 2.51. The van der Waals surface area contributed by atoms with Crippen LogP contribution in [0.1, 0.15) is 11.6 Å². The molecule has 0 fully saturated rings. The van der Waals surface area contributed by atoms with Gasteiger partial charge >= 0.3 is 0 Å². The highest BCUT2D eigenvalue weighted by molar-refractivity contribution is 9.10. The Balaban J connectivity index is 0.00000242. The molecule has 0 bridgehead atoms. The Bertz CT molecular complexity index is 648. The summed E-state index contributed by atoms with van der Waals surface area (Å²) in [5.74, 6) is 0.563. The van der Waals surface area contributed by atoms with Gasteiger partial charge in [-0.2, -0.15) is 5.10 Å². The number of aryl methyl sites for hydroxylation is 1. The SMILES string of the molecule is CNC(C(=O)Nc1ccc(OC)c(Br)c1)c1cnn(C)c1.Cl. The molecule has 1 amide bonds. The Kier molecular flexibility index (Phi) is 6.86. The second-order valence-electron chi connectivity index (χ2n) is 4.51. The highest BCUT2D eigenvalue weighted by Crippen LogP contribution is 2.28. The van der Waals surface area contributed by atoms with Crippen LogP contribution in [-0.4, -0.2) is 29.8 Å². The van der Waals surface area contributed by atoms with Crippen LogP contribution in [0.5, 0.6) is 5.75 Å². The second kappa shape index (κ2) is 8.17. The Hall–Kier alpha value is -1.57. The number of amides is 1. The third-order valence-corrected chi connectivity index (χ3v) is 3.65. The van der Waals surface area contributed by atoms with E-state index in [-0.39, 0.29) is 18.3 Å². The molecule has 1 unspecified atom stereocenters. The van der Waals surface area contributed by atoms with Gasteiger partial charge in [0.1, 0.15) is 11.8 Å². The summed E-state index contributed by atoms with van der Waals surface area (Å²) in [7, 11) is 5.15. The van der Waals surface area contributed by atoms with Gasteiger partial charge in [0.25, 0.3) is 0 Å². The summed E-state index contributed by atoms with van der Waals surface area (Å²) >= 11 is 3.39. The van der Waals surface area contributed by atoms with Crippen LogP contribution in [-0.2, 0) is 11.8 Å². The Morgan fingerprint density at radius 1 is 1.45 bits per heavy atom. The van der Waals surface area contributed by atoms with Crippen molar-refractivity contribution in [1.82, 2.24) is 15.1 Å². The largest absolute Gasteiger partial charge is 0.496 e. The van der Waals surface area contributed by atoms with Crippen molar-refractivity contribution in [3.05, 3.63) is 40.6 Å². The summed E-state index contributed by atoms with van der Waals surface area (Å²) < 4.78 is 7.61. The summed E-state index contributed by atoms with van der Waals surface area (Å²) in [6.07, 6.45) is 3.48. The molecule has 0 aliphatic rings. The fourth-order valence-corrected chi connectivity index (χ4v) is 2.54. The molecule has 1 heterocycles. The highest BCUT2D eigenvalue weighted by Gasteiger charge is 2.20. The van der Waals surface area contributed by atoms with Gasteiger partial charge in [0, 0.05) is 24.5 Å².